The smallest absolute Gasteiger partial charge is 0.312 e. The molecule has 24 heavy (non-hydrogen) atoms. The summed E-state index contributed by atoms with van der Waals surface area (Å²) in [5.74, 6) is 0.385. The molecule has 0 heterocycles. The molecule has 2 aromatic rings. The number of para-hydroxylation sites is 1. The van der Waals surface area contributed by atoms with Crippen molar-refractivity contribution >= 4 is 11.9 Å². The van der Waals surface area contributed by atoms with Crippen LogP contribution in [0, 0.1) is 0 Å². The largest absolute Gasteiger partial charge is 0.491 e. The fourth-order valence-corrected chi connectivity index (χ4v) is 2.18. The second kappa shape index (κ2) is 8.57. The number of hydrogen-bond acceptors (Lipinski definition) is 3. The van der Waals surface area contributed by atoms with E-state index in [1.165, 1.54) is 0 Å². The van der Waals surface area contributed by atoms with Crippen molar-refractivity contribution in [3.8, 4) is 5.75 Å². The number of hydrogen-bond donors (Lipinski definition) is 3. The average Bonchev–Trinajstić information content (AvgIpc) is 2.59. The van der Waals surface area contributed by atoms with E-state index in [1.54, 1.807) is 6.92 Å². The maximum absolute atomic E-state index is 12.2. The normalized spacial score (nSPS) is 12.7. The van der Waals surface area contributed by atoms with E-state index in [-0.39, 0.29) is 18.6 Å². The molecule has 0 saturated heterocycles. The van der Waals surface area contributed by atoms with Gasteiger partial charge in [0.05, 0.1) is 6.04 Å². The number of rotatable bonds is 7. The molecule has 0 aliphatic rings. The maximum Gasteiger partial charge on any atom is 0.312 e. The second-order valence-electron chi connectivity index (χ2n) is 5.33. The standard InChI is InChI=1S/C18H21N3O3/c1-13(20-18(19)23)17(22)21-16(14-8-4-2-5-9-14)12-24-15-10-6-3-7-11-15/h2-11,13,16H,12H2,1H3,(H,21,22)(H3,19,20,23)/t13-,16-/m1/s1. The third kappa shape index (κ3) is 5.31. The molecule has 0 radical (unpaired) electrons. The van der Waals surface area contributed by atoms with Gasteiger partial charge in [0.25, 0.3) is 0 Å². The second-order valence-corrected chi connectivity index (χ2v) is 5.33. The van der Waals surface area contributed by atoms with Crippen LogP contribution in [0.5, 0.6) is 5.75 Å². The molecular weight excluding hydrogens is 306 g/mol. The van der Waals surface area contributed by atoms with E-state index in [2.05, 4.69) is 10.6 Å². The summed E-state index contributed by atoms with van der Waals surface area (Å²) in [6, 6.07) is 17.0. The Morgan fingerprint density at radius 2 is 1.58 bits per heavy atom. The molecule has 2 aromatic carbocycles. The van der Waals surface area contributed by atoms with E-state index in [1.807, 2.05) is 60.7 Å². The van der Waals surface area contributed by atoms with Gasteiger partial charge in [-0.2, -0.15) is 0 Å². The third-order valence-electron chi connectivity index (χ3n) is 3.43. The van der Waals surface area contributed by atoms with Gasteiger partial charge in [-0.25, -0.2) is 4.79 Å². The van der Waals surface area contributed by atoms with E-state index < -0.39 is 12.1 Å². The van der Waals surface area contributed by atoms with Gasteiger partial charge in [-0.1, -0.05) is 48.5 Å². The first-order valence-corrected chi connectivity index (χ1v) is 7.65. The molecule has 0 aliphatic heterocycles. The first-order chi connectivity index (χ1) is 11.6. The predicted molar refractivity (Wildman–Crippen MR) is 91.4 cm³/mol. The Hall–Kier alpha value is -3.02. The van der Waals surface area contributed by atoms with Gasteiger partial charge in [-0.15, -0.1) is 0 Å². The average molecular weight is 327 g/mol. The van der Waals surface area contributed by atoms with E-state index in [0.717, 1.165) is 11.3 Å². The minimum absolute atomic E-state index is 0.267. The quantitative estimate of drug-likeness (QED) is 0.726. The lowest BCUT2D eigenvalue weighted by molar-refractivity contribution is -0.123. The Bertz CT molecular complexity index is 662. The molecular formula is C18H21N3O3. The lowest BCUT2D eigenvalue weighted by atomic mass is 10.1. The molecule has 0 fully saturated rings. The van der Waals surface area contributed by atoms with Crippen molar-refractivity contribution in [3.05, 3.63) is 66.2 Å². The SMILES string of the molecule is C[C@@H](NC(N)=O)C(=O)N[C@H](COc1ccccc1)c1ccccc1. The number of carbonyl (C=O) groups excluding carboxylic acids is 2. The van der Waals surface area contributed by atoms with Gasteiger partial charge in [0.15, 0.2) is 0 Å². The first kappa shape index (κ1) is 17.3. The molecule has 0 unspecified atom stereocenters. The van der Waals surface area contributed by atoms with E-state index in [4.69, 9.17) is 10.5 Å². The van der Waals surface area contributed by atoms with Crippen LogP contribution in [0.3, 0.4) is 0 Å². The van der Waals surface area contributed by atoms with Crippen LogP contribution in [0.1, 0.15) is 18.5 Å². The van der Waals surface area contributed by atoms with Gasteiger partial charge in [0.2, 0.25) is 5.91 Å². The molecule has 2 rings (SSSR count). The molecule has 0 aromatic heterocycles. The predicted octanol–water partition coefficient (Wildman–Crippen LogP) is 1.98. The summed E-state index contributed by atoms with van der Waals surface area (Å²) in [5, 5.41) is 5.23. The Morgan fingerprint density at radius 3 is 2.17 bits per heavy atom. The van der Waals surface area contributed by atoms with Crippen molar-refractivity contribution in [2.45, 2.75) is 19.0 Å². The van der Waals surface area contributed by atoms with Crippen molar-refractivity contribution in [2.24, 2.45) is 5.73 Å². The summed E-state index contributed by atoms with van der Waals surface area (Å²) in [6.45, 7) is 1.84. The van der Waals surface area contributed by atoms with Crippen LogP contribution in [-0.2, 0) is 4.79 Å². The van der Waals surface area contributed by atoms with Gasteiger partial charge >= 0.3 is 6.03 Å². The van der Waals surface area contributed by atoms with E-state index in [0.29, 0.717) is 0 Å². The molecule has 0 bridgehead atoms. The minimum Gasteiger partial charge on any atom is -0.491 e. The molecule has 3 amide bonds. The fourth-order valence-electron chi connectivity index (χ4n) is 2.18. The van der Waals surface area contributed by atoms with Crippen molar-refractivity contribution in [1.29, 1.82) is 0 Å². The number of primary amides is 1. The zero-order chi connectivity index (χ0) is 17.4. The molecule has 2 atom stereocenters. The first-order valence-electron chi connectivity index (χ1n) is 7.65. The Labute approximate surface area is 141 Å². The zero-order valence-electron chi connectivity index (χ0n) is 13.4. The Balaban J connectivity index is 2.06. The zero-order valence-corrected chi connectivity index (χ0v) is 13.4. The van der Waals surface area contributed by atoms with E-state index >= 15 is 0 Å². The summed E-state index contributed by atoms with van der Waals surface area (Å²) in [5.41, 5.74) is 5.96. The lowest BCUT2D eigenvalue weighted by Gasteiger charge is -2.22. The van der Waals surface area contributed by atoms with E-state index in [9.17, 15) is 9.59 Å². The van der Waals surface area contributed by atoms with Crippen LogP contribution < -0.4 is 21.1 Å². The topological polar surface area (TPSA) is 93.5 Å². The number of nitrogens with one attached hydrogen (secondary N) is 2. The van der Waals surface area contributed by atoms with Gasteiger partial charge in [0, 0.05) is 0 Å². The molecule has 0 spiro atoms. The molecule has 0 saturated carbocycles. The van der Waals surface area contributed by atoms with Crippen LogP contribution in [0.2, 0.25) is 0 Å². The monoisotopic (exact) mass is 327 g/mol. The van der Waals surface area contributed by atoms with Gasteiger partial charge in [0.1, 0.15) is 18.4 Å². The summed E-state index contributed by atoms with van der Waals surface area (Å²) in [6.07, 6.45) is 0. The Morgan fingerprint density at radius 1 is 1.00 bits per heavy atom. The van der Waals surface area contributed by atoms with Gasteiger partial charge < -0.3 is 21.1 Å². The maximum atomic E-state index is 12.2. The highest BCUT2D eigenvalue weighted by Gasteiger charge is 2.20. The van der Waals surface area contributed by atoms with Crippen LogP contribution in [0.4, 0.5) is 4.79 Å². The Kier molecular flexibility index (Phi) is 6.19. The number of ether oxygens (including phenoxy) is 1. The number of benzene rings is 2. The molecule has 6 nitrogen and oxygen atoms in total. The van der Waals surface area contributed by atoms with Crippen LogP contribution >= 0.6 is 0 Å². The lowest BCUT2D eigenvalue weighted by Crippen LogP contribution is -2.48. The van der Waals surface area contributed by atoms with Crippen molar-refractivity contribution < 1.29 is 14.3 Å². The number of nitrogens with two attached hydrogens (primary N) is 1. The summed E-state index contributed by atoms with van der Waals surface area (Å²) < 4.78 is 5.76. The highest BCUT2D eigenvalue weighted by Crippen LogP contribution is 2.16. The molecule has 6 heteroatoms. The van der Waals surface area contributed by atoms with Crippen LogP contribution in [0.15, 0.2) is 60.7 Å². The van der Waals surface area contributed by atoms with Crippen LogP contribution in [0.25, 0.3) is 0 Å². The molecule has 4 N–H and O–H groups in total. The third-order valence-corrected chi connectivity index (χ3v) is 3.43. The number of urea groups is 1. The van der Waals surface area contributed by atoms with Crippen LogP contribution in [-0.4, -0.2) is 24.6 Å². The summed E-state index contributed by atoms with van der Waals surface area (Å²) in [7, 11) is 0. The highest BCUT2D eigenvalue weighted by atomic mass is 16.5. The van der Waals surface area contributed by atoms with Crippen molar-refractivity contribution in [3.63, 3.8) is 0 Å². The van der Waals surface area contributed by atoms with Gasteiger partial charge in [-0.05, 0) is 24.6 Å². The summed E-state index contributed by atoms with van der Waals surface area (Å²) in [4.78, 5) is 23.1. The molecule has 126 valence electrons. The van der Waals surface area contributed by atoms with Crippen molar-refractivity contribution in [2.75, 3.05) is 6.61 Å². The number of carbonyl (C=O) groups is 2. The van der Waals surface area contributed by atoms with Crippen molar-refractivity contribution in [1.82, 2.24) is 10.6 Å². The minimum atomic E-state index is -0.741. The highest BCUT2D eigenvalue weighted by molar-refractivity contribution is 5.86. The number of amides is 3. The summed E-state index contributed by atoms with van der Waals surface area (Å²) >= 11 is 0. The fraction of sp³-hybridized carbons (Fsp3) is 0.222. The molecule has 0 aliphatic carbocycles. The van der Waals surface area contributed by atoms with Gasteiger partial charge in [-0.3, -0.25) is 4.79 Å².